The van der Waals surface area contributed by atoms with E-state index in [9.17, 15) is 0 Å². The molecule has 33 heavy (non-hydrogen) atoms. The van der Waals surface area contributed by atoms with Gasteiger partial charge in [-0.3, -0.25) is 9.98 Å². The van der Waals surface area contributed by atoms with Crippen LogP contribution >= 0.6 is 0 Å². The lowest BCUT2D eigenvalue weighted by atomic mass is 9.85. The van der Waals surface area contributed by atoms with Gasteiger partial charge in [-0.25, -0.2) is 0 Å². The quantitative estimate of drug-likeness (QED) is 0.385. The second-order valence-corrected chi connectivity index (χ2v) is 8.50. The molecule has 0 unspecified atom stereocenters. The SMILES string of the molecule is C=CC1=C(/C=C\N(C)C2CCCCC2)C/C(=C\C=C/N=C)C(Cc2ccc(C)nc2)=C1.CC. The maximum atomic E-state index is 4.46. The van der Waals surface area contributed by atoms with Crippen LogP contribution in [0.3, 0.4) is 0 Å². The lowest BCUT2D eigenvalue weighted by Crippen LogP contribution is -2.29. The Kier molecular flexibility index (Phi) is 11.4. The van der Waals surface area contributed by atoms with Crippen LogP contribution in [-0.4, -0.2) is 29.7 Å². The molecule has 0 N–H and O–H groups in total. The standard InChI is InChI=1S/C28H35N3.C2H6/c1-5-24-19-27(18-23-14-13-22(2)30-21-23)25(10-9-16-29-3)20-26(24)15-17-31(4)28-11-7-6-8-12-28;1-2/h5,9-10,13-17,19,21,28H,1,3,6-8,11-12,18,20H2,2,4H3;1-2H3/b16-9-,17-15-,25-10+;. The molecule has 3 rings (SSSR count). The number of nitrogens with zero attached hydrogens (tertiary/aromatic N) is 3. The number of aliphatic imine (C=N–C) groups is 1. The number of hydrogen-bond acceptors (Lipinski definition) is 3. The Hall–Kier alpha value is -2.94. The van der Waals surface area contributed by atoms with E-state index in [0.717, 1.165) is 18.5 Å². The number of allylic oxidation sites excluding steroid dienone is 9. The summed E-state index contributed by atoms with van der Waals surface area (Å²) in [6, 6.07) is 4.90. The lowest BCUT2D eigenvalue weighted by Gasteiger charge is -2.30. The Bertz CT molecular complexity index is 920. The summed E-state index contributed by atoms with van der Waals surface area (Å²) in [6.45, 7) is 13.6. The van der Waals surface area contributed by atoms with Gasteiger partial charge in [0.25, 0.3) is 0 Å². The van der Waals surface area contributed by atoms with Crippen molar-refractivity contribution in [2.24, 2.45) is 4.99 Å². The zero-order valence-electron chi connectivity index (χ0n) is 21.1. The summed E-state index contributed by atoms with van der Waals surface area (Å²) in [7, 11) is 2.21. The molecule has 1 aromatic heterocycles. The molecule has 0 saturated heterocycles. The van der Waals surface area contributed by atoms with E-state index in [1.54, 1.807) is 6.20 Å². The van der Waals surface area contributed by atoms with Crippen LogP contribution in [0.25, 0.3) is 0 Å². The predicted molar refractivity (Wildman–Crippen MR) is 144 cm³/mol. The lowest BCUT2D eigenvalue weighted by molar-refractivity contribution is 0.254. The Morgan fingerprint density at radius 2 is 1.94 bits per heavy atom. The summed E-state index contributed by atoms with van der Waals surface area (Å²) >= 11 is 0. The first-order valence-electron chi connectivity index (χ1n) is 12.3. The van der Waals surface area contributed by atoms with Crippen LogP contribution in [-0.2, 0) is 6.42 Å². The monoisotopic (exact) mass is 443 g/mol. The average molecular weight is 444 g/mol. The smallest absolute Gasteiger partial charge is 0.0372 e. The van der Waals surface area contributed by atoms with E-state index >= 15 is 0 Å². The highest BCUT2D eigenvalue weighted by Gasteiger charge is 2.18. The summed E-state index contributed by atoms with van der Waals surface area (Å²) in [5.74, 6) is 0. The van der Waals surface area contributed by atoms with Crippen molar-refractivity contribution in [3.05, 3.63) is 101 Å². The van der Waals surface area contributed by atoms with Gasteiger partial charge in [-0.2, -0.15) is 0 Å². The van der Waals surface area contributed by atoms with E-state index in [2.05, 4.69) is 71.8 Å². The van der Waals surface area contributed by atoms with Crippen molar-refractivity contribution in [3.63, 3.8) is 0 Å². The fourth-order valence-corrected chi connectivity index (χ4v) is 4.33. The second kappa shape index (κ2) is 14.3. The summed E-state index contributed by atoms with van der Waals surface area (Å²) in [5.41, 5.74) is 7.35. The van der Waals surface area contributed by atoms with E-state index in [1.807, 2.05) is 39.1 Å². The topological polar surface area (TPSA) is 28.5 Å². The third kappa shape index (κ3) is 8.16. The molecule has 1 saturated carbocycles. The minimum Gasteiger partial charge on any atom is -0.377 e. The maximum absolute atomic E-state index is 4.46. The van der Waals surface area contributed by atoms with Crippen molar-refractivity contribution < 1.29 is 0 Å². The molecule has 0 amide bonds. The largest absolute Gasteiger partial charge is 0.377 e. The van der Waals surface area contributed by atoms with Gasteiger partial charge in [0.2, 0.25) is 0 Å². The average Bonchev–Trinajstić information content (AvgIpc) is 2.86. The van der Waals surface area contributed by atoms with Crippen LogP contribution in [0.15, 0.2) is 95.0 Å². The molecule has 2 aliphatic rings. The van der Waals surface area contributed by atoms with E-state index in [1.165, 1.54) is 60.0 Å². The van der Waals surface area contributed by atoms with Crippen LogP contribution < -0.4 is 0 Å². The van der Waals surface area contributed by atoms with Gasteiger partial charge >= 0.3 is 0 Å². The number of hydrogen-bond donors (Lipinski definition) is 0. The molecule has 0 atom stereocenters. The summed E-state index contributed by atoms with van der Waals surface area (Å²) in [4.78, 5) is 10.7. The van der Waals surface area contributed by atoms with Crippen molar-refractivity contribution in [2.45, 2.75) is 71.8 Å². The predicted octanol–water partition coefficient (Wildman–Crippen LogP) is 7.69. The van der Waals surface area contributed by atoms with Crippen LogP contribution in [0.1, 0.15) is 63.6 Å². The highest BCUT2D eigenvalue weighted by atomic mass is 15.1. The molecule has 0 spiro atoms. The van der Waals surface area contributed by atoms with Gasteiger partial charge in [-0.15, -0.1) is 0 Å². The van der Waals surface area contributed by atoms with E-state index in [0.29, 0.717) is 6.04 Å². The van der Waals surface area contributed by atoms with Gasteiger partial charge in [0, 0.05) is 31.2 Å². The molecule has 1 fully saturated rings. The van der Waals surface area contributed by atoms with E-state index in [4.69, 9.17) is 0 Å². The molecule has 0 bridgehead atoms. The molecule has 3 heteroatoms. The number of pyridine rings is 1. The van der Waals surface area contributed by atoms with E-state index in [-0.39, 0.29) is 0 Å². The molecule has 1 heterocycles. The highest BCUT2D eigenvalue weighted by molar-refractivity contribution is 5.55. The van der Waals surface area contributed by atoms with Crippen LogP contribution in [0.5, 0.6) is 0 Å². The Balaban J connectivity index is 0.00000187. The zero-order valence-corrected chi connectivity index (χ0v) is 21.1. The minimum absolute atomic E-state index is 0.665. The van der Waals surface area contributed by atoms with Gasteiger partial charge in [0.05, 0.1) is 0 Å². The molecule has 3 nitrogen and oxygen atoms in total. The van der Waals surface area contributed by atoms with Gasteiger partial charge in [0.1, 0.15) is 0 Å². The van der Waals surface area contributed by atoms with E-state index < -0.39 is 0 Å². The molecule has 1 aromatic rings. The number of aromatic nitrogens is 1. The minimum atomic E-state index is 0.665. The number of rotatable bonds is 8. The third-order valence-corrected chi connectivity index (χ3v) is 6.23. The van der Waals surface area contributed by atoms with Gasteiger partial charge in [-0.1, -0.05) is 64.0 Å². The third-order valence-electron chi connectivity index (χ3n) is 6.23. The Labute approximate surface area is 201 Å². The molecular weight excluding hydrogens is 402 g/mol. The molecule has 176 valence electrons. The normalized spacial score (nSPS) is 18.3. The molecule has 0 aromatic carbocycles. The summed E-state index contributed by atoms with van der Waals surface area (Å²) in [5, 5.41) is 0. The van der Waals surface area contributed by atoms with Crippen molar-refractivity contribution in [2.75, 3.05) is 7.05 Å². The molecule has 2 aliphatic carbocycles. The van der Waals surface area contributed by atoms with Crippen LogP contribution in [0.2, 0.25) is 0 Å². The highest BCUT2D eigenvalue weighted by Crippen LogP contribution is 2.33. The fourth-order valence-electron chi connectivity index (χ4n) is 4.33. The molecule has 0 radical (unpaired) electrons. The Morgan fingerprint density at radius 3 is 2.58 bits per heavy atom. The number of aryl methyl sites for hydroxylation is 1. The Morgan fingerprint density at radius 1 is 1.18 bits per heavy atom. The van der Waals surface area contributed by atoms with Crippen LogP contribution in [0, 0.1) is 6.92 Å². The van der Waals surface area contributed by atoms with Crippen LogP contribution in [0.4, 0.5) is 0 Å². The summed E-state index contributed by atoms with van der Waals surface area (Å²) < 4.78 is 0. The van der Waals surface area contributed by atoms with Gasteiger partial charge < -0.3 is 4.90 Å². The zero-order chi connectivity index (χ0) is 24.1. The van der Waals surface area contributed by atoms with Crippen molar-refractivity contribution in [1.82, 2.24) is 9.88 Å². The van der Waals surface area contributed by atoms with Crippen molar-refractivity contribution in [1.29, 1.82) is 0 Å². The van der Waals surface area contributed by atoms with Gasteiger partial charge in [-0.05, 0) is 91.6 Å². The first-order valence-corrected chi connectivity index (χ1v) is 12.3. The summed E-state index contributed by atoms with van der Waals surface area (Å²) in [6.07, 6.45) is 25.0. The second-order valence-electron chi connectivity index (χ2n) is 8.50. The molecular formula is C30H41N3. The van der Waals surface area contributed by atoms with Gasteiger partial charge in [0.15, 0.2) is 0 Å². The first kappa shape index (κ1) is 26.3. The first-order chi connectivity index (χ1) is 16.1. The molecule has 0 aliphatic heterocycles. The van der Waals surface area contributed by atoms with Crippen molar-refractivity contribution in [3.8, 4) is 0 Å². The fraction of sp³-hybridized carbons (Fsp3) is 0.400. The van der Waals surface area contributed by atoms with Crippen molar-refractivity contribution >= 4 is 6.72 Å². The maximum Gasteiger partial charge on any atom is 0.0372 e.